The molecule has 0 saturated carbocycles. The Hall–Kier alpha value is -7.89. The summed E-state index contributed by atoms with van der Waals surface area (Å²) in [6.45, 7) is 23.3. The molecule has 0 aliphatic carbocycles. The Labute approximate surface area is 678 Å². The van der Waals surface area contributed by atoms with E-state index in [4.69, 9.17) is 61.6 Å². The predicted molar refractivity (Wildman–Crippen MR) is 440 cm³/mol. The number of hydrogen-bond acceptors (Lipinski definition) is 15. The number of unbranched alkanes of at least 4 members (excludes halogenated alkanes) is 22. The molecule has 6 fully saturated rings. The summed E-state index contributed by atoms with van der Waals surface area (Å²) in [5.74, 6) is 59.0. The van der Waals surface area contributed by atoms with E-state index in [-0.39, 0.29) is 79.8 Å². The smallest absolute Gasteiger partial charge is 0.385 e. The predicted octanol–water partition coefficient (Wildman–Crippen LogP) is 16.8. The van der Waals surface area contributed by atoms with Crippen molar-refractivity contribution in [1.29, 1.82) is 0 Å². The van der Waals surface area contributed by atoms with Gasteiger partial charge in [-0.1, -0.05) is 262 Å². The van der Waals surface area contributed by atoms with Crippen LogP contribution in [0.5, 0.6) is 0 Å². The number of esters is 1. The summed E-state index contributed by atoms with van der Waals surface area (Å²) in [5, 5.41) is 11.2. The topological polar surface area (TPSA) is 157 Å². The molecule has 0 amide bonds. The molecule has 0 aromatic heterocycles. The van der Waals surface area contributed by atoms with Gasteiger partial charge in [-0.25, -0.2) is 4.79 Å². The second kappa shape index (κ2) is 53.3. The number of aliphatic hydroxyl groups excluding tert-OH is 1. The number of rotatable bonds is 37. The molecule has 6 aliphatic heterocycles. The summed E-state index contributed by atoms with van der Waals surface area (Å²) >= 11 is 0. The Kier molecular flexibility index (Phi) is 43.5. The number of benzene rings is 2. The SMILES string of the molecule is CC#CC#CC#CC#CC#CC#CC#CC#CC#CC#CC#CC#CC(=O)O[C@@H](COC1OC2COC(c3ccccc3)OC2C(C)C1C)[C@@H]1OC(C)(C)O[C@@H]1CCCCCCCCCCCCCC.CCCCCCCCCCCCCC[C@H]1OC(C)(C)O[C@H]1[C@@H](O)COC1OC2COC(c3ccccc3)OC2C(C)C1C. The fourth-order valence-corrected chi connectivity index (χ4v) is 14.7. The summed E-state index contributed by atoms with van der Waals surface area (Å²) < 4.78 is 81.8. The van der Waals surface area contributed by atoms with Crippen molar-refractivity contribution in [3.8, 4) is 142 Å². The molecule has 0 radical (unpaired) electrons. The summed E-state index contributed by atoms with van der Waals surface area (Å²) in [4.78, 5) is 13.3. The zero-order chi connectivity index (χ0) is 80.6. The fourth-order valence-electron chi connectivity index (χ4n) is 14.7. The molecule has 15 nitrogen and oxygen atoms in total. The standard InChI is InChI=1S/C62H62O8.C36H60O7/c1-7-9-11-13-15-17-19-21-22-23-24-25-26-27-28-29-30-31-33-35-37-39-44-48-57(63)66-56(59-54(69-62(5,6)70-59)47-43-38-36-34-32-20-18-16-14-12-10-8-2)50-64-60-52(4)51(3)58-55(67-60)49-65-61(68-58)53-45-41-40-42-46-53;1-6-7-8-9-10-11-12-13-14-15-16-20-23-30-33(43-36(4,5)42-30)29(37)24-38-34-27(3)26(2)32-31(40-34)25-39-35(41-32)28-21-18-17-19-22-28/h40-42,45-46,51-52,54-56,58-61H,8,10,12,14,16,18,20,32,34,36,38,43,47,49-50H2,1-6H3;17-19,21-22,26-27,29-35,37H,6-16,20,23-25H2,1-5H3/t51?,52?,54-,55?,56+,58?,59-,60?,61?;26?,27?,29-,30+,31?,32?,33-,34?,35?/m10/s1. The van der Waals surface area contributed by atoms with Gasteiger partial charge >= 0.3 is 5.97 Å². The first-order chi connectivity index (χ1) is 55.0. The van der Waals surface area contributed by atoms with Crippen LogP contribution >= 0.6 is 0 Å². The molecule has 8 rings (SSSR count). The molecule has 0 bridgehead atoms. The van der Waals surface area contributed by atoms with Gasteiger partial charge in [-0.2, -0.15) is 0 Å². The minimum atomic E-state index is -0.893. The van der Waals surface area contributed by atoms with Gasteiger partial charge in [-0.05, 0) is 154 Å². The summed E-state index contributed by atoms with van der Waals surface area (Å²) in [6.07, 6.45) is 26.6. The Morgan fingerprint density at radius 2 is 0.743 bits per heavy atom. The molecule has 12 unspecified atom stereocenters. The van der Waals surface area contributed by atoms with Crippen LogP contribution in [0.1, 0.15) is 267 Å². The minimum absolute atomic E-state index is 0.00800. The van der Waals surface area contributed by atoms with Crippen LogP contribution in [0.4, 0.5) is 0 Å². The molecule has 6 aliphatic rings. The zero-order valence-electron chi connectivity index (χ0n) is 69.0. The third-order valence-electron chi connectivity index (χ3n) is 21.0. The monoisotopic (exact) mass is 1540 g/mol. The quantitative estimate of drug-likeness (QED) is 0.0295. The second-order valence-electron chi connectivity index (χ2n) is 30.8. The molecule has 6 saturated heterocycles. The highest BCUT2D eigenvalue weighted by Crippen LogP contribution is 2.43. The Morgan fingerprint density at radius 3 is 1.12 bits per heavy atom. The van der Waals surface area contributed by atoms with E-state index in [1.807, 2.05) is 88.4 Å². The highest BCUT2D eigenvalue weighted by atomic mass is 16.8. The van der Waals surface area contributed by atoms with Crippen molar-refractivity contribution >= 4 is 5.97 Å². The first-order valence-corrected chi connectivity index (χ1v) is 41.7. The first kappa shape index (κ1) is 92.3. The molecule has 604 valence electrons. The van der Waals surface area contributed by atoms with E-state index in [9.17, 15) is 9.90 Å². The molecule has 2 aromatic carbocycles. The average Bonchev–Trinajstić information content (AvgIpc) is 1.63. The van der Waals surface area contributed by atoms with Crippen LogP contribution in [0.3, 0.4) is 0 Å². The number of ether oxygens (including phenoxy) is 13. The third kappa shape index (κ3) is 34.6. The van der Waals surface area contributed by atoms with Crippen molar-refractivity contribution in [2.75, 3.05) is 26.4 Å². The van der Waals surface area contributed by atoms with E-state index < -0.39 is 60.8 Å². The molecular weight excluding hydrogens is 1420 g/mol. The van der Waals surface area contributed by atoms with Crippen LogP contribution in [0, 0.1) is 166 Å². The number of carbonyl (C=O) groups is 1. The van der Waals surface area contributed by atoms with Crippen LogP contribution in [0.15, 0.2) is 60.7 Å². The fraction of sp³-hybridized carbons (Fsp3) is 0.622. The second-order valence-corrected chi connectivity index (χ2v) is 30.8. The lowest BCUT2D eigenvalue weighted by Gasteiger charge is -2.48. The van der Waals surface area contributed by atoms with Crippen molar-refractivity contribution in [3.63, 3.8) is 0 Å². The van der Waals surface area contributed by atoms with Gasteiger partial charge in [0.25, 0.3) is 0 Å². The number of aliphatic hydroxyl groups is 1. The van der Waals surface area contributed by atoms with Gasteiger partial charge in [0.1, 0.15) is 30.5 Å². The van der Waals surface area contributed by atoms with Crippen molar-refractivity contribution in [1.82, 2.24) is 0 Å². The van der Waals surface area contributed by atoms with E-state index in [1.54, 1.807) is 6.92 Å². The van der Waals surface area contributed by atoms with Gasteiger partial charge < -0.3 is 66.7 Å². The van der Waals surface area contributed by atoms with Gasteiger partial charge in [0.15, 0.2) is 42.8 Å². The lowest BCUT2D eigenvalue weighted by molar-refractivity contribution is -0.344. The Morgan fingerprint density at radius 1 is 0.416 bits per heavy atom. The summed E-state index contributed by atoms with van der Waals surface area (Å²) in [6, 6.07) is 19.9. The number of fused-ring (bicyclic) bond motifs is 2. The normalized spacial score (nSPS) is 26.1. The van der Waals surface area contributed by atoms with Crippen LogP contribution < -0.4 is 0 Å². The van der Waals surface area contributed by atoms with Crippen LogP contribution in [0.25, 0.3) is 0 Å². The molecular formula is C98H122O15. The lowest BCUT2D eigenvalue weighted by Crippen LogP contribution is -2.56. The maximum absolute atomic E-state index is 13.3. The average molecular weight is 1540 g/mol. The summed E-state index contributed by atoms with van der Waals surface area (Å²) in [7, 11) is 0. The molecule has 2 aromatic rings. The van der Waals surface area contributed by atoms with E-state index in [1.165, 1.54) is 135 Å². The minimum Gasteiger partial charge on any atom is -0.447 e. The van der Waals surface area contributed by atoms with Gasteiger partial charge in [0.05, 0.1) is 50.8 Å². The van der Waals surface area contributed by atoms with E-state index in [0.29, 0.717) is 13.2 Å². The number of carbonyl (C=O) groups excluding carboxylic acids is 1. The van der Waals surface area contributed by atoms with E-state index in [0.717, 1.165) is 43.2 Å². The molecule has 15 heteroatoms. The van der Waals surface area contributed by atoms with Crippen LogP contribution in [-0.4, -0.2) is 123 Å². The van der Waals surface area contributed by atoms with Gasteiger partial charge in [0, 0.05) is 64.4 Å². The maximum atomic E-state index is 13.3. The van der Waals surface area contributed by atoms with Crippen LogP contribution in [0.2, 0.25) is 0 Å². The van der Waals surface area contributed by atoms with E-state index >= 15 is 0 Å². The molecule has 6 heterocycles. The molecule has 18 atom stereocenters. The maximum Gasteiger partial charge on any atom is 0.385 e. The molecule has 1 N–H and O–H groups in total. The molecule has 0 spiro atoms. The van der Waals surface area contributed by atoms with Gasteiger partial charge in [-0.3, -0.25) is 0 Å². The van der Waals surface area contributed by atoms with Crippen LogP contribution in [-0.2, 0) is 66.4 Å². The van der Waals surface area contributed by atoms with Crippen molar-refractivity contribution in [2.24, 2.45) is 23.7 Å². The molecule has 113 heavy (non-hydrogen) atoms. The lowest BCUT2D eigenvalue weighted by atomic mass is 9.84. The third-order valence-corrected chi connectivity index (χ3v) is 21.0. The zero-order valence-corrected chi connectivity index (χ0v) is 69.0. The summed E-state index contributed by atoms with van der Waals surface area (Å²) in [5.41, 5.74) is 1.98. The first-order valence-electron chi connectivity index (χ1n) is 41.7. The largest absolute Gasteiger partial charge is 0.447 e. The van der Waals surface area contributed by atoms with Gasteiger partial charge in [0.2, 0.25) is 0 Å². The van der Waals surface area contributed by atoms with Crippen molar-refractivity contribution in [2.45, 2.75) is 341 Å². The van der Waals surface area contributed by atoms with Gasteiger partial charge in [-0.15, -0.1) is 0 Å². The number of hydrogen-bond donors (Lipinski definition) is 1. The van der Waals surface area contributed by atoms with E-state index in [2.05, 4.69) is 184 Å². The highest BCUT2D eigenvalue weighted by molar-refractivity contribution is 5.89. The van der Waals surface area contributed by atoms with Crippen molar-refractivity contribution < 1.29 is 71.5 Å². The Balaban J connectivity index is 0.000000350. The Bertz CT molecular complexity index is 4000. The van der Waals surface area contributed by atoms with Crippen molar-refractivity contribution in [3.05, 3.63) is 71.8 Å². The highest BCUT2D eigenvalue weighted by Gasteiger charge is 2.51.